The van der Waals surface area contributed by atoms with Crippen LogP contribution in [0.25, 0.3) is 0 Å². The summed E-state index contributed by atoms with van der Waals surface area (Å²) in [5.41, 5.74) is 1.22. The fourth-order valence-corrected chi connectivity index (χ4v) is 1.67. The number of amides is 2. The van der Waals surface area contributed by atoms with Crippen LogP contribution in [-0.2, 0) is 9.59 Å². The lowest BCUT2D eigenvalue weighted by molar-refractivity contribution is -0.116. The summed E-state index contributed by atoms with van der Waals surface area (Å²) in [7, 11) is 0. The monoisotopic (exact) mass is 248 g/mol. The molecule has 0 unspecified atom stereocenters. The average Bonchev–Trinajstić information content (AvgIpc) is 2.34. The maximum absolute atomic E-state index is 11.6. The Kier molecular flexibility index (Phi) is 4.27. The molecule has 96 valence electrons. The predicted molar refractivity (Wildman–Crippen MR) is 69.4 cm³/mol. The Morgan fingerprint density at radius 3 is 1.67 bits per heavy atom. The van der Waals surface area contributed by atoms with Gasteiger partial charge in [0.1, 0.15) is 0 Å². The lowest BCUT2D eigenvalue weighted by Crippen LogP contribution is -2.37. The highest BCUT2D eigenvalue weighted by molar-refractivity contribution is 6.00. The van der Waals surface area contributed by atoms with Gasteiger partial charge in [0.25, 0.3) is 0 Å². The maximum Gasteiger partial charge on any atom is 0.238 e. The fraction of sp³-hybridized carbons (Fsp3) is 0.333. The van der Waals surface area contributed by atoms with Crippen molar-refractivity contribution in [1.29, 1.82) is 0 Å². The minimum atomic E-state index is -0.128. The second-order valence-corrected chi connectivity index (χ2v) is 4.00. The summed E-state index contributed by atoms with van der Waals surface area (Å²) in [6.45, 7) is 1.79. The van der Waals surface area contributed by atoms with Crippen LogP contribution in [0.2, 0.25) is 0 Å². The van der Waals surface area contributed by atoms with E-state index in [1.54, 1.807) is 12.1 Å². The Balaban J connectivity index is 2.17. The standard InChI is InChI=1S/C12H16N4O2/c17-11-7-13-5-6-14-8-12(18)16-10-4-2-1-3-9(10)15-11/h1-4,13-14H,5-8H2,(H,15,17)(H,16,18). The van der Waals surface area contributed by atoms with Gasteiger partial charge in [0.05, 0.1) is 24.5 Å². The quantitative estimate of drug-likeness (QED) is 0.510. The van der Waals surface area contributed by atoms with Crippen molar-refractivity contribution >= 4 is 23.2 Å². The van der Waals surface area contributed by atoms with Crippen LogP contribution in [0, 0.1) is 0 Å². The predicted octanol–water partition coefficient (Wildman–Crippen LogP) is -0.244. The summed E-state index contributed by atoms with van der Waals surface area (Å²) in [5, 5.41) is 11.5. The van der Waals surface area contributed by atoms with E-state index in [2.05, 4.69) is 21.3 Å². The number of hydrogen-bond acceptors (Lipinski definition) is 4. The van der Waals surface area contributed by atoms with Crippen LogP contribution < -0.4 is 21.3 Å². The summed E-state index contributed by atoms with van der Waals surface area (Å²) in [4.78, 5) is 23.3. The molecule has 4 N–H and O–H groups in total. The first kappa shape index (κ1) is 12.5. The normalized spacial score (nSPS) is 17.8. The Hall–Kier alpha value is -1.92. The summed E-state index contributed by atoms with van der Waals surface area (Å²) in [6.07, 6.45) is 0. The minimum Gasteiger partial charge on any atom is -0.323 e. The Bertz CT molecular complexity index is 406. The number of hydrogen-bond donors (Lipinski definition) is 4. The molecule has 0 aromatic heterocycles. The maximum atomic E-state index is 11.6. The van der Waals surface area contributed by atoms with Crippen LogP contribution in [0.5, 0.6) is 0 Å². The van der Waals surface area contributed by atoms with E-state index >= 15 is 0 Å². The number of para-hydroxylation sites is 2. The van der Waals surface area contributed by atoms with E-state index in [0.717, 1.165) is 0 Å². The van der Waals surface area contributed by atoms with E-state index in [1.165, 1.54) is 0 Å². The van der Waals surface area contributed by atoms with Gasteiger partial charge in [0, 0.05) is 13.1 Å². The molecule has 1 aromatic rings. The van der Waals surface area contributed by atoms with Crippen molar-refractivity contribution in [2.75, 3.05) is 36.8 Å². The molecule has 2 rings (SSSR count). The molecule has 6 nitrogen and oxygen atoms in total. The zero-order valence-corrected chi connectivity index (χ0v) is 9.95. The lowest BCUT2D eigenvalue weighted by Gasteiger charge is -2.14. The smallest absolute Gasteiger partial charge is 0.238 e. The molecule has 0 saturated carbocycles. The van der Waals surface area contributed by atoms with Crippen LogP contribution in [0.1, 0.15) is 0 Å². The SMILES string of the molecule is O=C1CNCCNCC(=O)Nc2ccccc2N1. The third-order valence-electron chi connectivity index (χ3n) is 2.52. The molecule has 1 aliphatic heterocycles. The molecular formula is C12H16N4O2. The molecule has 0 fully saturated rings. The summed E-state index contributed by atoms with van der Waals surface area (Å²) in [5.74, 6) is -0.255. The topological polar surface area (TPSA) is 82.3 Å². The number of fused-ring (bicyclic) bond motifs is 1. The summed E-state index contributed by atoms with van der Waals surface area (Å²) >= 11 is 0. The molecular weight excluding hydrogens is 232 g/mol. The van der Waals surface area contributed by atoms with E-state index in [9.17, 15) is 9.59 Å². The van der Waals surface area contributed by atoms with Gasteiger partial charge in [-0.2, -0.15) is 0 Å². The van der Waals surface area contributed by atoms with E-state index < -0.39 is 0 Å². The molecule has 1 heterocycles. The molecule has 18 heavy (non-hydrogen) atoms. The van der Waals surface area contributed by atoms with E-state index in [0.29, 0.717) is 24.5 Å². The molecule has 0 spiro atoms. The van der Waals surface area contributed by atoms with Crippen molar-refractivity contribution in [3.05, 3.63) is 24.3 Å². The molecule has 0 bridgehead atoms. The van der Waals surface area contributed by atoms with Crippen LogP contribution in [0.3, 0.4) is 0 Å². The Morgan fingerprint density at radius 2 is 1.22 bits per heavy atom. The number of nitrogens with one attached hydrogen (secondary N) is 4. The lowest BCUT2D eigenvalue weighted by atomic mass is 10.2. The highest BCUT2D eigenvalue weighted by atomic mass is 16.2. The van der Waals surface area contributed by atoms with Crippen molar-refractivity contribution < 1.29 is 9.59 Å². The number of carbonyl (C=O) groups excluding carboxylic acids is 2. The van der Waals surface area contributed by atoms with Gasteiger partial charge in [0.2, 0.25) is 11.8 Å². The first-order valence-corrected chi connectivity index (χ1v) is 5.86. The van der Waals surface area contributed by atoms with Gasteiger partial charge in [-0.3, -0.25) is 9.59 Å². The second kappa shape index (κ2) is 6.13. The zero-order chi connectivity index (χ0) is 12.8. The molecule has 2 amide bonds. The largest absolute Gasteiger partial charge is 0.323 e. The van der Waals surface area contributed by atoms with Crippen LogP contribution in [-0.4, -0.2) is 38.0 Å². The molecule has 1 aliphatic rings. The van der Waals surface area contributed by atoms with E-state index in [-0.39, 0.29) is 24.9 Å². The zero-order valence-electron chi connectivity index (χ0n) is 9.95. The van der Waals surface area contributed by atoms with Gasteiger partial charge in [-0.1, -0.05) is 12.1 Å². The molecule has 6 heteroatoms. The van der Waals surface area contributed by atoms with E-state index in [1.807, 2.05) is 12.1 Å². The number of rotatable bonds is 0. The van der Waals surface area contributed by atoms with Crippen molar-refractivity contribution in [1.82, 2.24) is 10.6 Å². The van der Waals surface area contributed by atoms with Crippen molar-refractivity contribution in [3.8, 4) is 0 Å². The van der Waals surface area contributed by atoms with Crippen LogP contribution in [0.15, 0.2) is 24.3 Å². The average molecular weight is 248 g/mol. The van der Waals surface area contributed by atoms with Gasteiger partial charge >= 0.3 is 0 Å². The van der Waals surface area contributed by atoms with Gasteiger partial charge in [-0.15, -0.1) is 0 Å². The second-order valence-electron chi connectivity index (χ2n) is 4.00. The number of benzene rings is 1. The molecule has 0 saturated heterocycles. The molecule has 1 aromatic carbocycles. The van der Waals surface area contributed by atoms with Crippen molar-refractivity contribution in [3.63, 3.8) is 0 Å². The van der Waals surface area contributed by atoms with Crippen LogP contribution >= 0.6 is 0 Å². The van der Waals surface area contributed by atoms with E-state index in [4.69, 9.17) is 0 Å². The summed E-state index contributed by atoms with van der Waals surface area (Å²) in [6, 6.07) is 7.13. The minimum absolute atomic E-state index is 0.128. The van der Waals surface area contributed by atoms with Gasteiger partial charge in [0.15, 0.2) is 0 Å². The number of anilines is 2. The highest BCUT2D eigenvalue weighted by Crippen LogP contribution is 2.20. The molecule has 0 atom stereocenters. The van der Waals surface area contributed by atoms with Crippen LogP contribution in [0.4, 0.5) is 11.4 Å². The first-order valence-electron chi connectivity index (χ1n) is 5.86. The van der Waals surface area contributed by atoms with Gasteiger partial charge in [-0.25, -0.2) is 0 Å². The third-order valence-corrected chi connectivity index (χ3v) is 2.52. The fourth-order valence-electron chi connectivity index (χ4n) is 1.67. The van der Waals surface area contributed by atoms with Crippen molar-refractivity contribution in [2.24, 2.45) is 0 Å². The Morgan fingerprint density at radius 1 is 0.778 bits per heavy atom. The summed E-state index contributed by atoms with van der Waals surface area (Å²) < 4.78 is 0. The first-order chi connectivity index (χ1) is 8.75. The van der Waals surface area contributed by atoms with Gasteiger partial charge < -0.3 is 21.3 Å². The van der Waals surface area contributed by atoms with Crippen molar-refractivity contribution in [2.45, 2.75) is 0 Å². The molecule has 0 radical (unpaired) electrons. The third kappa shape index (κ3) is 3.54. The molecule has 0 aliphatic carbocycles. The number of carbonyl (C=O) groups is 2. The Labute approximate surface area is 105 Å². The highest BCUT2D eigenvalue weighted by Gasteiger charge is 2.10. The van der Waals surface area contributed by atoms with Gasteiger partial charge in [-0.05, 0) is 12.1 Å².